The van der Waals surface area contributed by atoms with Gasteiger partial charge in [-0.2, -0.15) is 0 Å². The number of nitrogens with zero attached hydrogens (tertiary/aromatic N) is 1. The topological polar surface area (TPSA) is 49.5 Å². The lowest BCUT2D eigenvalue weighted by Gasteiger charge is -2.36. The molecule has 0 aliphatic carbocycles. The molecule has 0 aromatic heterocycles. The Morgan fingerprint density at radius 1 is 1.19 bits per heavy atom. The zero-order valence-corrected chi connectivity index (χ0v) is 11.6. The van der Waals surface area contributed by atoms with E-state index < -0.39 is 0 Å². The van der Waals surface area contributed by atoms with Crippen LogP contribution in [0.15, 0.2) is 0 Å². The first-order chi connectivity index (χ1) is 7.60. The van der Waals surface area contributed by atoms with Gasteiger partial charge in [0.15, 0.2) is 0 Å². The maximum Gasteiger partial charge on any atom is 0.0743 e. The number of nitrogens with two attached hydrogens (primary N) is 1. The summed E-state index contributed by atoms with van der Waals surface area (Å²) in [6.45, 7) is 7.44. The Bertz CT molecular complexity index is 195. The Morgan fingerprint density at radius 3 is 2.00 bits per heavy atom. The van der Waals surface area contributed by atoms with E-state index in [1.165, 1.54) is 0 Å². The number of thiocarbonyl (C=S) groups is 1. The molecular weight excluding hydrogens is 220 g/mol. The van der Waals surface area contributed by atoms with E-state index in [9.17, 15) is 0 Å². The first kappa shape index (κ1) is 15.8. The molecule has 0 rings (SSSR count). The second-order valence-electron chi connectivity index (χ2n) is 4.16. The molecule has 0 saturated heterocycles. The van der Waals surface area contributed by atoms with Crippen LogP contribution < -0.4 is 5.73 Å². The van der Waals surface area contributed by atoms with E-state index in [0.717, 1.165) is 25.7 Å². The van der Waals surface area contributed by atoms with Gasteiger partial charge in [-0.05, 0) is 19.3 Å². The van der Waals surface area contributed by atoms with Gasteiger partial charge >= 0.3 is 0 Å². The van der Waals surface area contributed by atoms with Gasteiger partial charge < -0.3 is 10.8 Å². The third kappa shape index (κ3) is 5.23. The van der Waals surface area contributed by atoms with Crippen molar-refractivity contribution in [2.45, 2.75) is 58.5 Å². The van der Waals surface area contributed by atoms with E-state index in [1.54, 1.807) is 0 Å². The summed E-state index contributed by atoms with van der Waals surface area (Å²) in [5, 5.41) is 9.15. The summed E-state index contributed by atoms with van der Waals surface area (Å²) in [5.74, 6) is 0. The summed E-state index contributed by atoms with van der Waals surface area (Å²) in [6.07, 6.45) is 3.98. The van der Waals surface area contributed by atoms with Crippen LogP contribution in [-0.4, -0.2) is 40.2 Å². The van der Waals surface area contributed by atoms with E-state index in [-0.39, 0.29) is 6.61 Å². The van der Waals surface area contributed by atoms with Crippen molar-refractivity contribution < 1.29 is 5.11 Å². The minimum atomic E-state index is 0.199. The molecule has 3 N–H and O–H groups in total. The SMILES string of the molecule is CCC(CC)N(CCO)C(CC)CC(N)=S. The fraction of sp³-hybridized carbons (Fsp3) is 0.917. The van der Waals surface area contributed by atoms with Crippen molar-refractivity contribution in [3.8, 4) is 0 Å². The molecule has 0 aliphatic rings. The van der Waals surface area contributed by atoms with Gasteiger partial charge in [0.1, 0.15) is 0 Å². The maximum atomic E-state index is 9.15. The van der Waals surface area contributed by atoms with Crippen LogP contribution in [0.3, 0.4) is 0 Å². The molecule has 0 heterocycles. The predicted molar refractivity (Wildman–Crippen MR) is 73.6 cm³/mol. The molecule has 96 valence electrons. The van der Waals surface area contributed by atoms with Crippen LogP contribution in [0.4, 0.5) is 0 Å². The lowest BCUT2D eigenvalue weighted by molar-refractivity contribution is 0.0970. The van der Waals surface area contributed by atoms with Crippen LogP contribution >= 0.6 is 12.2 Å². The molecule has 0 aromatic rings. The van der Waals surface area contributed by atoms with E-state index in [0.29, 0.717) is 23.6 Å². The van der Waals surface area contributed by atoms with Gasteiger partial charge in [-0.3, -0.25) is 4.90 Å². The lowest BCUT2D eigenvalue weighted by Crippen LogP contribution is -2.45. The Balaban J connectivity index is 4.61. The summed E-state index contributed by atoms with van der Waals surface area (Å²) in [7, 11) is 0. The van der Waals surface area contributed by atoms with Crippen molar-refractivity contribution in [1.82, 2.24) is 4.90 Å². The van der Waals surface area contributed by atoms with Gasteiger partial charge in [0.25, 0.3) is 0 Å². The smallest absolute Gasteiger partial charge is 0.0743 e. The summed E-state index contributed by atoms with van der Waals surface area (Å²) < 4.78 is 0. The quantitative estimate of drug-likeness (QED) is 0.610. The predicted octanol–water partition coefficient (Wildman–Crippen LogP) is 1.92. The van der Waals surface area contributed by atoms with E-state index in [1.807, 2.05) is 0 Å². The number of hydrogen-bond acceptors (Lipinski definition) is 3. The average molecular weight is 246 g/mol. The Hall–Kier alpha value is -0.190. The zero-order chi connectivity index (χ0) is 12.6. The first-order valence-electron chi connectivity index (χ1n) is 6.25. The van der Waals surface area contributed by atoms with Gasteiger partial charge in [0.05, 0.1) is 11.6 Å². The molecule has 0 amide bonds. The van der Waals surface area contributed by atoms with E-state index in [4.69, 9.17) is 23.1 Å². The van der Waals surface area contributed by atoms with Crippen LogP contribution in [0.1, 0.15) is 46.5 Å². The standard InChI is InChI=1S/C12H26N2OS/c1-4-10(5-2)14(7-8-15)11(6-3)9-12(13)16/h10-11,15H,4-9H2,1-3H3,(H2,13,16). The van der Waals surface area contributed by atoms with Gasteiger partial charge in [0, 0.05) is 25.0 Å². The van der Waals surface area contributed by atoms with Gasteiger partial charge in [0.2, 0.25) is 0 Å². The molecule has 0 fully saturated rings. The third-order valence-corrected chi connectivity index (χ3v) is 3.31. The van der Waals surface area contributed by atoms with Crippen molar-refractivity contribution in [3.63, 3.8) is 0 Å². The Kier molecular flexibility index (Phi) is 8.80. The highest BCUT2D eigenvalue weighted by Crippen LogP contribution is 2.17. The summed E-state index contributed by atoms with van der Waals surface area (Å²) in [4.78, 5) is 2.93. The van der Waals surface area contributed by atoms with Crippen molar-refractivity contribution in [3.05, 3.63) is 0 Å². The maximum absolute atomic E-state index is 9.15. The molecule has 1 unspecified atom stereocenters. The minimum absolute atomic E-state index is 0.199. The van der Waals surface area contributed by atoms with Gasteiger partial charge in [-0.15, -0.1) is 0 Å². The Morgan fingerprint density at radius 2 is 1.69 bits per heavy atom. The second kappa shape index (κ2) is 8.90. The van der Waals surface area contributed by atoms with Crippen LogP contribution in [0.5, 0.6) is 0 Å². The largest absolute Gasteiger partial charge is 0.395 e. The molecule has 0 radical (unpaired) electrons. The van der Waals surface area contributed by atoms with Crippen molar-refractivity contribution in [1.29, 1.82) is 0 Å². The Labute approximate surface area is 105 Å². The molecule has 4 heteroatoms. The molecule has 0 aliphatic heterocycles. The highest BCUT2D eigenvalue weighted by atomic mass is 32.1. The normalized spacial score (nSPS) is 13.4. The van der Waals surface area contributed by atoms with Crippen molar-refractivity contribution in [2.75, 3.05) is 13.2 Å². The molecule has 1 atom stereocenters. The van der Waals surface area contributed by atoms with Crippen molar-refractivity contribution >= 4 is 17.2 Å². The van der Waals surface area contributed by atoms with E-state index >= 15 is 0 Å². The number of aliphatic hydroxyl groups is 1. The molecule has 3 nitrogen and oxygen atoms in total. The number of aliphatic hydroxyl groups excluding tert-OH is 1. The molecule has 0 saturated carbocycles. The summed E-state index contributed by atoms with van der Waals surface area (Å²) in [5.41, 5.74) is 5.63. The highest BCUT2D eigenvalue weighted by molar-refractivity contribution is 7.80. The van der Waals surface area contributed by atoms with Gasteiger partial charge in [-0.1, -0.05) is 33.0 Å². The van der Waals surface area contributed by atoms with Crippen molar-refractivity contribution in [2.24, 2.45) is 5.73 Å². The average Bonchev–Trinajstić information content (AvgIpc) is 2.26. The zero-order valence-electron chi connectivity index (χ0n) is 10.8. The summed E-state index contributed by atoms with van der Waals surface area (Å²) >= 11 is 4.99. The van der Waals surface area contributed by atoms with Crippen LogP contribution in [0, 0.1) is 0 Å². The fourth-order valence-corrected chi connectivity index (χ4v) is 2.46. The van der Waals surface area contributed by atoms with Crippen LogP contribution in [0.25, 0.3) is 0 Å². The molecule has 0 aromatic carbocycles. The monoisotopic (exact) mass is 246 g/mol. The fourth-order valence-electron chi connectivity index (χ4n) is 2.26. The molecule has 0 bridgehead atoms. The lowest BCUT2D eigenvalue weighted by atomic mass is 10.0. The van der Waals surface area contributed by atoms with Crippen LogP contribution in [0.2, 0.25) is 0 Å². The third-order valence-electron chi connectivity index (χ3n) is 3.15. The van der Waals surface area contributed by atoms with Gasteiger partial charge in [-0.25, -0.2) is 0 Å². The molecular formula is C12H26N2OS. The van der Waals surface area contributed by atoms with Crippen LogP contribution in [-0.2, 0) is 0 Å². The minimum Gasteiger partial charge on any atom is -0.395 e. The summed E-state index contributed by atoms with van der Waals surface area (Å²) in [6, 6.07) is 0.890. The molecule has 0 spiro atoms. The first-order valence-corrected chi connectivity index (χ1v) is 6.66. The molecule has 16 heavy (non-hydrogen) atoms. The number of rotatable bonds is 9. The number of hydrogen-bond donors (Lipinski definition) is 2. The van der Waals surface area contributed by atoms with E-state index in [2.05, 4.69) is 25.7 Å². The highest BCUT2D eigenvalue weighted by Gasteiger charge is 2.22. The second-order valence-corrected chi connectivity index (χ2v) is 4.69.